The number of aliphatic hydroxyl groups excluding tert-OH is 3. The van der Waals surface area contributed by atoms with Crippen LogP contribution < -0.4 is 29.6 Å². The maximum Gasteiger partial charge on any atom is 1.00 e. The van der Waals surface area contributed by atoms with E-state index in [1.54, 1.807) is 0 Å². The average molecular weight is 324 g/mol. The van der Waals surface area contributed by atoms with Gasteiger partial charge in [-0.2, -0.15) is 0 Å². The topological polar surface area (TPSA) is 154 Å². The molecule has 114 valence electrons. The molecular formula is C9H18NaO9P. The average Bonchev–Trinajstić information content (AvgIpc) is 2.26. The fraction of sp³-hybridized carbons (Fsp3) is 0.889. The van der Waals surface area contributed by atoms with Crippen molar-refractivity contribution in [1.82, 2.24) is 0 Å². The molecule has 1 saturated heterocycles. The van der Waals surface area contributed by atoms with Crippen molar-refractivity contribution in [1.29, 1.82) is 0 Å². The van der Waals surface area contributed by atoms with E-state index < -0.39 is 44.9 Å². The number of hydrogen-bond donors (Lipinski definition) is 5. The molecule has 0 bridgehead atoms. The minimum atomic E-state index is -4.74. The van der Waals surface area contributed by atoms with E-state index in [4.69, 9.17) is 14.5 Å². The minimum absolute atomic E-state index is 0. The molecule has 0 aromatic heterocycles. The van der Waals surface area contributed by atoms with E-state index in [0.717, 1.165) is 0 Å². The molecule has 1 aliphatic rings. The van der Waals surface area contributed by atoms with Gasteiger partial charge in [-0.15, -0.1) is 0 Å². The Kier molecular flexibility index (Phi) is 8.56. The van der Waals surface area contributed by atoms with Crippen LogP contribution in [-0.2, 0) is 18.6 Å². The Morgan fingerprint density at radius 2 is 1.70 bits per heavy atom. The van der Waals surface area contributed by atoms with Crippen LogP contribution >= 0.6 is 7.82 Å². The number of carbonyl (C=O) groups is 1. The molecule has 0 aromatic carbocycles. The first kappa shape index (κ1) is 20.6. The first-order valence-corrected chi connectivity index (χ1v) is 7.04. The van der Waals surface area contributed by atoms with Gasteiger partial charge in [0.2, 0.25) is 0 Å². The van der Waals surface area contributed by atoms with Gasteiger partial charge in [-0.25, -0.2) is 4.57 Å². The Balaban J connectivity index is 0. The molecule has 9 nitrogen and oxygen atoms in total. The van der Waals surface area contributed by atoms with Crippen LogP contribution in [0.25, 0.3) is 0 Å². The second-order valence-corrected chi connectivity index (χ2v) is 5.62. The standard InChI is InChI=1S/C9H17O9P.Na.H/c1-4(10)2-5-7(11)9(13)8(12)6(18-5)3-17-19(14,15)16;;/h5-9,11-13H,2-3H2,1H3,(H2,14,15,16);;/q;+1;-1. The zero-order chi connectivity index (χ0) is 14.8. The monoisotopic (exact) mass is 324 g/mol. The number of rotatable bonds is 5. The van der Waals surface area contributed by atoms with Gasteiger partial charge in [-0.1, -0.05) is 0 Å². The maximum absolute atomic E-state index is 11.0. The molecule has 1 aliphatic heterocycles. The summed E-state index contributed by atoms with van der Waals surface area (Å²) in [5.41, 5.74) is 0. The van der Waals surface area contributed by atoms with Crippen molar-refractivity contribution in [3.05, 3.63) is 0 Å². The summed E-state index contributed by atoms with van der Waals surface area (Å²) in [4.78, 5) is 28.1. The molecule has 0 amide bonds. The van der Waals surface area contributed by atoms with Crippen molar-refractivity contribution < 1.29 is 74.7 Å². The largest absolute Gasteiger partial charge is 1.00 e. The molecule has 5 unspecified atom stereocenters. The number of phosphoric acid groups is 1. The molecule has 1 heterocycles. The van der Waals surface area contributed by atoms with Crippen molar-refractivity contribution >= 4 is 13.6 Å². The summed E-state index contributed by atoms with van der Waals surface area (Å²) >= 11 is 0. The zero-order valence-corrected chi connectivity index (χ0v) is 14.0. The van der Waals surface area contributed by atoms with Crippen molar-refractivity contribution in [2.45, 2.75) is 43.9 Å². The predicted molar refractivity (Wildman–Crippen MR) is 61.1 cm³/mol. The number of phosphoric ester groups is 1. The van der Waals surface area contributed by atoms with Crippen molar-refractivity contribution in [3.8, 4) is 0 Å². The molecule has 0 saturated carbocycles. The molecule has 20 heavy (non-hydrogen) atoms. The molecule has 5 atom stereocenters. The van der Waals surface area contributed by atoms with Crippen LogP contribution in [0.15, 0.2) is 0 Å². The molecule has 0 radical (unpaired) electrons. The van der Waals surface area contributed by atoms with Crippen molar-refractivity contribution in [3.63, 3.8) is 0 Å². The Bertz CT molecular complexity index is 378. The third-order valence-corrected chi connectivity index (χ3v) is 3.19. The van der Waals surface area contributed by atoms with E-state index in [-0.39, 0.29) is 43.2 Å². The van der Waals surface area contributed by atoms with Gasteiger partial charge in [0.15, 0.2) is 0 Å². The van der Waals surface area contributed by atoms with Crippen LogP contribution in [-0.4, -0.2) is 68.0 Å². The predicted octanol–water partition coefficient (Wildman–Crippen LogP) is -4.96. The summed E-state index contributed by atoms with van der Waals surface area (Å²) in [5.74, 6) is -0.303. The SMILES string of the molecule is CC(=O)CC1OC(COP(=O)(O)O)C(O)C(O)C1O.[H-].[Na+]. The smallest absolute Gasteiger partial charge is 1.00 e. The number of aliphatic hydroxyl groups is 3. The second-order valence-electron chi connectivity index (χ2n) is 4.38. The van der Waals surface area contributed by atoms with Crippen LogP contribution in [0.2, 0.25) is 0 Å². The van der Waals surface area contributed by atoms with Gasteiger partial charge in [-0.3, -0.25) is 9.32 Å². The van der Waals surface area contributed by atoms with Gasteiger partial charge >= 0.3 is 37.4 Å². The van der Waals surface area contributed by atoms with Crippen LogP contribution in [0.1, 0.15) is 14.8 Å². The summed E-state index contributed by atoms with van der Waals surface area (Å²) in [7, 11) is -4.74. The fourth-order valence-electron chi connectivity index (χ4n) is 1.79. The summed E-state index contributed by atoms with van der Waals surface area (Å²) < 4.78 is 19.9. The molecule has 11 heteroatoms. The quantitative estimate of drug-likeness (QED) is 0.247. The third kappa shape index (κ3) is 6.17. The van der Waals surface area contributed by atoms with Gasteiger partial charge in [0.1, 0.15) is 30.2 Å². The number of carbonyl (C=O) groups excluding carboxylic acids is 1. The first-order valence-electron chi connectivity index (χ1n) is 5.51. The van der Waals surface area contributed by atoms with Gasteiger partial charge < -0.3 is 31.3 Å². The first-order chi connectivity index (χ1) is 8.61. The molecule has 0 spiro atoms. The zero-order valence-electron chi connectivity index (χ0n) is 12.1. The van der Waals surface area contributed by atoms with E-state index in [0.29, 0.717) is 0 Å². The van der Waals surface area contributed by atoms with Gasteiger partial charge in [-0.05, 0) is 6.92 Å². The number of ether oxygens (including phenoxy) is 1. The summed E-state index contributed by atoms with van der Waals surface area (Å²) in [6.07, 6.45) is -7.16. The van der Waals surface area contributed by atoms with Crippen molar-refractivity contribution in [2.75, 3.05) is 6.61 Å². The molecular weight excluding hydrogens is 306 g/mol. The van der Waals surface area contributed by atoms with E-state index in [1.807, 2.05) is 0 Å². The van der Waals surface area contributed by atoms with E-state index in [9.17, 15) is 24.7 Å². The minimum Gasteiger partial charge on any atom is -1.00 e. The van der Waals surface area contributed by atoms with Crippen LogP contribution in [0, 0.1) is 0 Å². The van der Waals surface area contributed by atoms with Crippen LogP contribution in [0.5, 0.6) is 0 Å². The summed E-state index contributed by atoms with van der Waals surface area (Å²) in [6.45, 7) is 0.582. The Labute approximate surface area is 138 Å². The molecule has 1 fully saturated rings. The molecule has 1 rings (SSSR count). The van der Waals surface area contributed by atoms with E-state index in [2.05, 4.69) is 4.52 Å². The number of Topliss-reactive ketones (excluding diaryl/α,β-unsaturated/α-hetero) is 1. The summed E-state index contributed by atoms with van der Waals surface area (Å²) in [5, 5.41) is 28.8. The second kappa shape index (κ2) is 8.30. The fourth-order valence-corrected chi connectivity index (χ4v) is 2.13. The van der Waals surface area contributed by atoms with Gasteiger partial charge in [0, 0.05) is 6.42 Å². The molecule has 0 aromatic rings. The number of hydrogen-bond acceptors (Lipinski definition) is 7. The summed E-state index contributed by atoms with van der Waals surface area (Å²) in [6, 6.07) is 0. The Hall–Kier alpha value is 0.620. The van der Waals surface area contributed by atoms with Gasteiger partial charge in [0.05, 0.1) is 12.7 Å². The maximum atomic E-state index is 11.0. The van der Waals surface area contributed by atoms with Crippen molar-refractivity contribution in [2.24, 2.45) is 0 Å². The van der Waals surface area contributed by atoms with E-state index in [1.165, 1.54) is 6.92 Å². The van der Waals surface area contributed by atoms with E-state index >= 15 is 0 Å². The normalized spacial score (nSPS) is 34.4. The van der Waals surface area contributed by atoms with Crippen LogP contribution in [0.3, 0.4) is 0 Å². The van der Waals surface area contributed by atoms with Crippen LogP contribution in [0.4, 0.5) is 0 Å². The molecule has 5 N–H and O–H groups in total. The Morgan fingerprint density at radius 1 is 1.20 bits per heavy atom. The molecule has 0 aliphatic carbocycles. The number of ketones is 1. The third-order valence-electron chi connectivity index (χ3n) is 2.71. The van der Waals surface area contributed by atoms with Gasteiger partial charge in [0.25, 0.3) is 0 Å². The Morgan fingerprint density at radius 3 is 2.15 bits per heavy atom.